The summed E-state index contributed by atoms with van der Waals surface area (Å²) >= 11 is 0. The molecule has 0 bridgehead atoms. The van der Waals surface area contributed by atoms with E-state index >= 15 is 0 Å². The van der Waals surface area contributed by atoms with E-state index < -0.39 is 5.91 Å². The molecule has 0 saturated heterocycles. The zero-order chi connectivity index (χ0) is 12.2. The molecule has 0 aliphatic heterocycles. The molecule has 5 nitrogen and oxygen atoms in total. The normalized spacial score (nSPS) is 11.4. The fourth-order valence-electron chi connectivity index (χ4n) is 1.09. The van der Waals surface area contributed by atoms with Crippen molar-refractivity contribution >= 4 is 5.91 Å². The van der Waals surface area contributed by atoms with Gasteiger partial charge in [-0.05, 0) is 20.8 Å². The lowest BCUT2D eigenvalue weighted by Crippen LogP contribution is -2.35. The van der Waals surface area contributed by atoms with E-state index in [0.29, 0.717) is 12.4 Å². The van der Waals surface area contributed by atoms with Crippen molar-refractivity contribution in [2.24, 2.45) is 5.73 Å². The zero-order valence-electron chi connectivity index (χ0n) is 9.95. The van der Waals surface area contributed by atoms with Crippen molar-refractivity contribution in [1.29, 1.82) is 0 Å². The molecule has 0 spiro atoms. The van der Waals surface area contributed by atoms with Crippen molar-refractivity contribution in [2.45, 2.75) is 39.3 Å². The Balaban J connectivity index is 2.55. The predicted molar refractivity (Wildman–Crippen MR) is 61.5 cm³/mol. The number of aromatic nitrogens is 2. The molecule has 1 rings (SSSR count). The van der Waals surface area contributed by atoms with Gasteiger partial charge in [-0.25, -0.2) is 9.97 Å². The molecule has 16 heavy (non-hydrogen) atoms. The molecule has 0 fully saturated rings. The van der Waals surface area contributed by atoms with Gasteiger partial charge in [-0.3, -0.25) is 4.79 Å². The maximum Gasteiger partial charge on any atom is 0.225 e. The van der Waals surface area contributed by atoms with Gasteiger partial charge in [0, 0.05) is 30.0 Å². The number of primary amides is 1. The van der Waals surface area contributed by atoms with E-state index in [-0.39, 0.29) is 12.0 Å². The molecule has 1 aromatic heterocycles. The lowest BCUT2D eigenvalue weighted by Gasteiger charge is -2.20. The highest BCUT2D eigenvalue weighted by atomic mass is 16.1. The first-order chi connectivity index (χ1) is 7.37. The van der Waals surface area contributed by atoms with E-state index in [2.05, 4.69) is 36.1 Å². The van der Waals surface area contributed by atoms with E-state index in [0.717, 1.165) is 5.56 Å². The topological polar surface area (TPSA) is 80.9 Å². The van der Waals surface area contributed by atoms with Crippen LogP contribution in [0.2, 0.25) is 0 Å². The second kappa shape index (κ2) is 5.03. The number of nitrogens with zero attached hydrogens (tertiary/aromatic N) is 2. The molecule has 0 radical (unpaired) electrons. The number of nitrogens with one attached hydrogen (secondary N) is 1. The van der Waals surface area contributed by atoms with Crippen LogP contribution in [0.4, 0.5) is 0 Å². The summed E-state index contributed by atoms with van der Waals surface area (Å²) in [6.45, 7) is 6.99. The summed E-state index contributed by atoms with van der Waals surface area (Å²) in [6.07, 6.45) is 3.51. The molecule has 1 heterocycles. The molecule has 0 atom stereocenters. The summed E-state index contributed by atoms with van der Waals surface area (Å²) in [5.41, 5.74) is 6.10. The van der Waals surface area contributed by atoms with Gasteiger partial charge >= 0.3 is 0 Å². The number of carbonyl (C=O) groups excluding carboxylic acids is 1. The van der Waals surface area contributed by atoms with Crippen LogP contribution < -0.4 is 11.1 Å². The number of carbonyl (C=O) groups is 1. The van der Waals surface area contributed by atoms with Crippen LogP contribution in [0.1, 0.15) is 32.2 Å². The van der Waals surface area contributed by atoms with E-state index in [1.807, 2.05) is 0 Å². The van der Waals surface area contributed by atoms with Crippen LogP contribution >= 0.6 is 0 Å². The Labute approximate surface area is 95.5 Å². The van der Waals surface area contributed by atoms with Crippen molar-refractivity contribution in [3.8, 4) is 0 Å². The summed E-state index contributed by atoms with van der Waals surface area (Å²) in [5, 5.41) is 3.33. The van der Waals surface area contributed by atoms with Gasteiger partial charge in [-0.15, -0.1) is 0 Å². The van der Waals surface area contributed by atoms with Crippen LogP contribution in [0.5, 0.6) is 0 Å². The summed E-state index contributed by atoms with van der Waals surface area (Å²) in [5.74, 6) is 0.0487. The van der Waals surface area contributed by atoms with Gasteiger partial charge in [0.1, 0.15) is 5.82 Å². The average Bonchev–Trinajstić information content (AvgIpc) is 2.14. The average molecular weight is 222 g/mol. The van der Waals surface area contributed by atoms with Crippen molar-refractivity contribution in [1.82, 2.24) is 15.3 Å². The fourth-order valence-corrected chi connectivity index (χ4v) is 1.09. The maximum atomic E-state index is 10.6. The number of nitrogens with two attached hydrogens (primary N) is 1. The lowest BCUT2D eigenvalue weighted by atomic mass is 10.1. The molecule has 88 valence electrons. The van der Waals surface area contributed by atoms with Gasteiger partial charge in [0.2, 0.25) is 5.91 Å². The smallest absolute Gasteiger partial charge is 0.225 e. The third-order valence-electron chi connectivity index (χ3n) is 1.91. The summed E-state index contributed by atoms with van der Waals surface area (Å²) < 4.78 is 0. The minimum absolute atomic E-state index is 0.0614. The van der Waals surface area contributed by atoms with Gasteiger partial charge in [0.05, 0.1) is 6.42 Å². The second-order valence-electron chi connectivity index (χ2n) is 4.75. The molecule has 5 heteroatoms. The van der Waals surface area contributed by atoms with Crippen LogP contribution in [-0.2, 0) is 17.8 Å². The Bertz CT molecular complexity index is 353. The third kappa shape index (κ3) is 4.84. The standard InChI is InChI=1S/C11H18N4O/c1-11(2,3)15-7-8-5-13-10(14-6-8)4-9(12)16/h5-6,15H,4,7H2,1-3H3,(H2,12,16). The quantitative estimate of drug-likeness (QED) is 0.772. The minimum atomic E-state index is -0.416. The Morgan fingerprint density at radius 1 is 1.38 bits per heavy atom. The molecule has 1 amide bonds. The SMILES string of the molecule is CC(C)(C)NCc1cnc(CC(N)=O)nc1. The number of hydrogen-bond acceptors (Lipinski definition) is 4. The van der Waals surface area contributed by atoms with Gasteiger partial charge in [-0.1, -0.05) is 0 Å². The number of rotatable bonds is 4. The number of amides is 1. The molecule has 0 unspecified atom stereocenters. The largest absolute Gasteiger partial charge is 0.369 e. The lowest BCUT2D eigenvalue weighted by molar-refractivity contribution is -0.117. The van der Waals surface area contributed by atoms with Crippen LogP contribution in [0.15, 0.2) is 12.4 Å². The first kappa shape index (κ1) is 12.6. The van der Waals surface area contributed by atoms with Gasteiger partial charge < -0.3 is 11.1 Å². The van der Waals surface area contributed by atoms with Gasteiger partial charge in [0.15, 0.2) is 0 Å². The first-order valence-corrected chi connectivity index (χ1v) is 5.20. The molecule has 3 N–H and O–H groups in total. The highest BCUT2D eigenvalue weighted by molar-refractivity contribution is 5.75. The van der Waals surface area contributed by atoms with Crippen molar-refractivity contribution in [2.75, 3.05) is 0 Å². The molecule has 0 aromatic carbocycles. The van der Waals surface area contributed by atoms with Crippen molar-refractivity contribution < 1.29 is 4.79 Å². The third-order valence-corrected chi connectivity index (χ3v) is 1.91. The molecule has 1 aromatic rings. The van der Waals surface area contributed by atoms with Crippen molar-refractivity contribution in [3.05, 3.63) is 23.8 Å². The molecule has 0 saturated carbocycles. The summed E-state index contributed by atoms with van der Waals surface area (Å²) in [4.78, 5) is 18.8. The second-order valence-corrected chi connectivity index (χ2v) is 4.75. The monoisotopic (exact) mass is 222 g/mol. The highest BCUT2D eigenvalue weighted by Crippen LogP contribution is 2.02. The van der Waals surface area contributed by atoms with Crippen LogP contribution in [-0.4, -0.2) is 21.4 Å². The van der Waals surface area contributed by atoms with Crippen LogP contribution in [0.25, 0.3) is 0 Å². The molecule has 0 aliphatic rings. The van der Waals surface area contributed by atoms with Gasteiger partial charge in [-0.2, -0.15) is 0 Å². The van der Waals surface area contributed by atoms with Crippen LogP contribution in [0.3, 0.4) is 0 Å². The highest BCUT2D eigenvalue weighted by Gasteiger charge is 2.08. The fraction of sp³-hybridized carbons (Fsp3) is 0.545. The molecular formula is C11H18N4O. The van der Waals surface area contributed by atoms with E-state index in [1.165, 1.54) is 0 Å². The predicted octanol–water partition coefficient (Wildman–Crippen LogP) is 0.392. The van der Waals surface area contributed by atoms with E-state index in [4.69, 9.17) is 5.73 Å². The number of hydrogen-bond donors (Lipinski definition) is 2. The summed E-state index contributed by atoms with van der Waals surface area (Å²) in [7, 11) is 0. The van der Waals surface area contributed by atoms with Crippen molar-refractivity contribution in [3.63, 3.8) is 0 Å². The Kier molecular flexibility index (Phi) is 3.95. The minimum Gasteiger partial charge on any atom is -0.369 e. The van der Waals surface area contributed by atoms with E-state index in [9.17, 15) is 4.79 Å². The first-order valence-electron chi connectivity index (χ1n) is 5.20. The Morgan fingerprint density at radius 3 is 2.38 bits per heavy atom. The molecule has 0 aliphatic carbocycles. The molecular weight excluding hydrogens is 204 g/mol. The Hall–Kier alpha value is -1.49. The maximum absolute atomic E-state index is 10.6. The van der Waals surface area contributed by atoms with Gasteiger partial charge in [0.25, 0.3) is 0 Å². The van der Waals surface area contributed by atoms with E-state index in [1.54, 1.807) is 12.4 Å². The Morgan fingerprint density at radius 2 is 1.94 bits per heavy atom. The summed E-state index contributed by atoms with van der Waals surface area (Å²) in [6, 6.07) is 0. The zero-order valence-corrected chi connectivity index (χ0v) is 9.95. The van der Waals surface area contributed by atoms with Crippen LogP contribution in [0, 0.1) is 0 Å².